The van der Waals surface area contributed by atoms with Crippen LogP contribution in [0.2, 0.25) is 0 Å². The molecule has 0 radical (unpaired) electrons. The molecule has 0 atom stereocenters. The van der Waals surface area contributed by atoms with E-state index < -0.39 is 23.8 Å². The minimum atomic E-state index is -1.09. The molecule has 0 aliphatic heterocycles. The fraction of sp³-hybridized carbons (Fsp3) is 0. The van der Waals surface area contributed by atoms with Crippen molar-refractivity contribution in [3.63, 3.8) is 0 Å². The highest BCUT2D eigenvalue weighted by Gasteiger charge is 2.11. The Morgan fingerprint density at radius 1 is 0.567 bits per heavy atom. The molecular weight excluding hydrogens is 390 g/mol. The number of carbonyl (C=O) groups excluding carboxylic acids is 2. The molecule has 0 unspecified atom stereocenters. The molecule has 1 heterocycles. The van der Waals surface area contributed by atoms with Crippen molar-refractivity contribution < 1.29 is 29.4 Å². The Morgan fingerprint density at radius 2 is 0.900 bits per heavy atom. The lowest BCUT2D eigenvalue weighted by atomic mass is 10.1. The Kier molecular flexibility index (Phi) is 5.83. The summed E-state index contributed by atoms with van der Waals surface area (Å²) in [7, 11) is 0. The summed E-state index contributed by atoms with van der Waals surface area (Å²) in [5.41, 5.74) is 0.612. The summed E-state index contributed by atoms with van der Waals surface area (Å²) < 4.78 is 0. The van der Waals surface area contributed by atoms with E-state index in [1.807, 2.05) is 0 Å². The Balaban J connectivity index is 1.68. The summed E-state index contributed by atoms with van der Waals surface area (Å²) in [5.74, 6) is -2.81. The predicted molar refractivity (Wildman–Crippen MR) is 107 cm³/mol. The maximum atomic E-state index is 12.3. The van der Waals surface area contributed by atoms with Gasteiger partial charge in [0.15, 0.2) is 0 Å². The molecule has 0 fully saturated rings. The number of carboxylic acids is 2. The van der Waals surface area contributed by atoms with E-state index >= 15 is 0 Å². The normalized spacial score (nSPS) is 10.1. The second kappa shape index (κ2) is 8.65. The second-order valence-electron chi connectivity index (χ2n) is 6.08. The second-order valence-corrected chi connectivity index (χ2v) is 6.08. The van der Waals surface area contributed by atoms with E-state index in [2.05, 4.69) is 15.6 Å². The van der Waals surface area contributed by atoms with Crippen LogP contribution >= 0.6 is 0 Å². The van der Waals surface area contributed by atoms with Gasteiger partial charge in [0, 0.05) is 11.1 Å². The van der Waals surface area contributed by atoms with Crippen molar-refractivity contribution in [2.45, 2.75) is 0 Å². The number of rotatable bonds is 6. The number of hydrogen-bond donors (Lipinski definition) is 4. The Bertz CT molecular complexity index is 1040. The van der Waals surface area contributed by atoms with Crippen LogP contribution in [-0.2, 0) is 0 Å². The van der Waals surface area contributed by atoms with Gasteiger partial charge in [0.05, 0.1) is 11.1 Å². The van der Waals surface area contributed by atoms with Crippen molar-refractivity contribution in [1.29, 1.82) is 0 Å². The van der Waals surface area contributed by atoms with Crippen molar-refractivity contribution in [2.75, 3.05) is 10.6 Å². The average Bonchev–Trinajstić information content (AvgIpc) is 2.74. The average molecular weight is 405 g/mol. The van der Waals surface area contributed by atoms with Crippen molar-refractivity contribution >= 4 is 35.4 Å². The van der Waals surface area contributed by atoms with E-state index in [0.717, 1.165) is 0 Å². The standard InChI is InChI=1S/C21H15N3O6/c25-18(12-4-8-14(9-5-12)20(27)28)23-16-2-1-3-17(22-16)24-19(26)13-6-10-15(11-7-13)21(29)30/h1-11H,(H,27,28)(H,29,30)(H2,22,23,24,25,26). The van der Waals surface area contributed by atoms with Gasteiger partial charge < -0.3 is 20.8 Å². The molecular formula is C21H15N3O6. The number of anilines is 2. The van der Waals surface area contributed by atoms with Gasteiger partial charge in [-0.1, -0.05) is 6.07 Å². The molecule has 1 aromatic heterocycles. The van der Waals surface area contributed by atoms with Crippen molar-refractivity contribution in [3.05, 3.63) is 89.0 Å². The number of aromatic carboxylic acids is 2. The Morgan fingerprint density at radius 3 is 1.23 bits per heavy atom. The highest BCUT2D eigenvalue weighted by atomic mass is 16.4. The smallest absolute Gasteiger partial charge is 0.335 e. The lowest BCUT2D eigenvalue weighted by Crippen LogP contribution is -2.16. The number of carbonyl (C=O) groups is 4. The first kappa shape index (κ1) is 20.2. The first-order valence-corrected chi connectivity index (χ1v) is 8.60. The zero-order valence-electron chi connectivity index (χ0n) is 15.3. The summed E-state index contributed by atoms with van der Waals surface area (Å²) in [5, 5.41) is 22.9. The molecule has 0 saturated carbocycles. The molecule has 2 aromatic carbocycles. The van der Waals surface area contributed by atoms with Crippen molar-refractivity contribution in [1.82, 2.24) is 4.98 Å². The van der Waals surface area contributed by atoms with Crippen LogP contribution in [0.4, 0.5) is 11.6 Å². The first-order chi connectivity index (χ1) is 14.3. The molecule has 9 nitrogen and oxygen atoms in total. The zero-order chi connectivity index (χ0) is 21.7. The Labute approximate surface area is 170 Å². The van der Waals surface area contributed by atoms with Gasteiger partial charge in [0.2, 0.25) is 0 Å². The maximum Gasteiger partial charge on any atom is 0.335 e. The quantitative estimate of drug-likeness (QED) is 0.493. The van der Waals surface area contributed by atoms with Gasteiger partial charge in [-0.05, 0) is 60.7 Å². The summed E-state index contributed by atoms with van der Waals surface area (Å²) in [6.45, 7) is 0. The van der Waals surface area contributed by atoms with Crippen molar-refractivity contribution in [2.24, 2.45) is 0 Å². The van der Waals surface area contributed by atoms with E-state index in [0.29, 0.717) is 0 Å². The third-order valence-corrected chi connectivity index (χ3v) is 4.02. The van der Waals surface area contributed by atoms with Crippen LogP contribution in [0.1, 0.15) is 41.4 Å². The molecule has 0 bridgehead atoms. The Hall–Kier alpha value is -4.53. The summed E-state index contributed by atoms with van der Waals surface area (Å²) in [6.07, 6.45) is 0. The van der Waals surface area contributed by atoms with Gasteiger partial charge in [0.25, 0.3) is 11.8 Å². The maximum absolute atomic E-state index is 12.3. The van der Waals surface area contributed by atoms with Crippen LogP contribution in [0.25, 0.3) is 0 Å². The van der Waals surface area contributed by atoms with E-state index in [1.54, 1.807) is 6.07 Å². The molecule has 4 N–H and O–H groups in total. The highest BCUT2D eigenvalue weighted by molar-refractivity contribution is 6.06. The molecule has 0 spiro atoms. The van der Waals surface area contributed by atoms with E-state index in [-0.39, 0.29) is 33.9 Å². The zero-order valence-corrected chi connectivity index (χ0v) is 15.3. The SMILES string of the molecule is O=C(O)c1ccc(C(=O)Nc2cccc(NC(=O)c3ccc(C(=O)O)cc3)n2)cc1. The molecule has 0 saturated heterocycles. The lowest BCUT2D eigenvalue weighted by molar-refractivity contribution is 0.0686. The number of nitrogens with zero attached hydrogens (tertiary/aromatic N) is 1. The van der Waals surface area contributed by atoms with Gasteiger partial charge in [-0.2, -0.15) is 0 Å². The van der Waals surface area contributed by atoms with Gasteiger partial charge in [-0.3, -0.25) is 9.59 Å². The molecule has 2 amide bonds. The number of carboxylic acid groups (broad SMARTS) is 2. The van der Waals surface area contributed by atoms with Gasteiger partial charge in [-0.25, -0.2) is 14.6 Å². The number of pyridine rings is 1. The minimum Gasteiger partial charge on any atom is -0.478 e. The molecule has 0 aliphatic rings. The van der Waals surface area contributed by atoms with Crippen LogP contribution in [0.15, 0.2) is 66.7 Å². The van der Waals surface area contributed by atoms with E-state index in [9.17, 15) is 19.2 Å². The van der Waals surface area contributed by atoms with Crippen molar-refractivity contribution in [3.8, 4) is 0 Å². The van der Waals surface area contributed by atoms with Crippen LogP contribution in [-0.4, -0.2) is 39.0 Å². The lowest BCUT2D eigenvalue weighted by Gasteiger charge is -2.08. The number of benzene rings is 2. The fourth-order valence-corrected chi connectivity index (χ4v) is 2.48. The summed E-state index contributed by atoms with van der Waals surface area (Å²) in [4.78, 5) is 50.5. The summed E-state index contributed by atoms with van der Waals surface area (Å²) in [6, 6.07) is 15.4. The molecule has 3 aromatic rings. The number of aromatic nitrogens is 1. The monoisotopic (exact) mass is 405 g/mol. The van der Waals surface area contributed by atoms with Crippen LogP contribution < -0.4 is 10.6 Å². The third kappa shape index (κ3) is 4.84. The minimum absolute atomic E-state index is 0.0609. The third-order valence-electron chi connectivity index (χ3n) is 4.02. The summed E-state index contributed by atoms with van der Waals surface area (Å²) >= 11 is 0. The van der Waals surface area contributed by atoms with E-state index in [4.69, 9.17) is 10.2 Å². The van der Waals surface area contributed by atoms with Gasteiger partial charge in [-0.15, -0.1) is 0 Å². The largest absolute Gasteiger partial charge is 0.478 e. The molecule has 3 rings (SSSR count). The van der Waals surface area contributed by atoms with E-state index in [1.165, 1.54) is 60.7 Å². The van der Waals surface area contributed by atoms with Crippen LogP contribution in [0.3, 0.4) is 0 Å². The molecule has 30 heavy (non-hydrogen) atoms. The first-order valence-electron chi connectivity index (χ1n) is 8.60. The van der Waals surface area contributed by atoms with Gasteiger partial charge >= 0.3 is 11.9 Å². The highest BCUT2D eigenvalue weighted by Crippen LogP contribution is 2.13. The van der Waals surface area contributed by atoms with Gasteiger partial charge in [0.1, 0.15) is 11.6 Å². The number of amides is 2. The predicted octanol–water partition coefficient (Wildman–Crippen LogP) is 2.98. The molecule has 150 valence electrons. The number of nitrogens with one attached hydrogen (secondary N) is 2. The van der Waals surface area contributed by atoms with Crippen LogP contribution in [0, 0.1) is 0 Å². The molecule has 9 heteroatoms. The van der Waals surface area contributed by atoms with Crippen LogP contribution in [0.5, 0.6) is 0 Å². The molecule has 0 aliphatic carbocycles. The topological polar surface area (TPSA) is 146 Å². The number of hydrogen-bond acceptors (Lipinski definition) is 5. The fourth-order valence-electron chi connectivity index (χ4n) is 2.48.